The van der Waals surface area contributed by atoms with Gasteiger partial charge in [-0.05, 0) is 60.2 Å². The highest BCUT2D eigenvalue weighted by molar-refractivity contribution is 7.84. The normalized spacial score (nSPS) is 14.7. The molecule has 116 valence electrons. The molecule has 2 aromatic carbocycles. The molecule has 1 fully saturated rings. The summed E-state index contributed by atoms with van der Waals surface area (Å²) in [7, 11) is -0.962. The van der Waals surface area contributed by atoms with Crippen LogP contribution in [0.3, 0.4) is 0 Å². The number of allylic oxidation sites excluding steroid dienone is 1. The van der Waals surface area contributed by atoms with Crippen molar-refractivity contribution in [2.24, 2.45) is 0 Å². The van der Waals surface area contributed by atoms with Gasteiger partial charge in [0.25, 0.3) is 0 Å². The van der Waals surface area contributed by atoms with Crippen LogP contribution in [0.25, 0.3) is 5.57 Å². The highest BCUT2D eigenvalue weighted by Crippen LogP contribution is 2.37. The van der Waals surface area contributed by atoms with E-state index in [0.29, 0.717) is 0 Å². The van der Waals surface area contributed by atoms with E-state index in [4.69, 9.17) is 0 Å². The zero-order valence-corrected chi connectivity index (χ0v) is 13.3. The topological polar surface area (TPSA) is 48.6 Å². The number of benzene rings is 2. The number of hydrogen-bond donors (Lipinski definition) is 0. The predicted octanol–water partition coefficient (Wildman–Crippen LogP) is 3.72. The van der Waals surface area contributed by atoms with Gasteiger partial charge < -0.3 is 5.48 Å². The second kappa shape index (κ2) is 6.99. The van der Waals surface area contributed by atoms with Crippen molar-refractivity contribution < 1.29 is 14.1 Å². The second-order valence-corrected chi connectivity index (χ2v) is 6.70. The first-order valence-electron chi connectivity index (χ1n) is 7.07. The van der Waals surface area contributed by atoms with Crippen LogP contribution >= 0.6 is 0 Å². The molecule has 2 nitrogen and oxygen atoms in total. The molecule has 1 saturated carbocycles. The summed E-state index contributed by atoms with van der Waals surface area (Å²) in [6.45, 7) is 0. The SMILES string of the molecule is CS(=O)c1ccc(C(=C2CCC2)c2ccc(F)cc2)cc1.O. The maximum Gasteiger partial charge on any atom is 0.123 e. The fraction of sp³-hybridized carbons (Fsp3) is 0.222. The van der Waals surface area contributed by atoms with E-state index < -0.39 is 10.8 Å². The van der Waals surface area contributed by atoms with Gasteiger partial charge in [-0.2, -0.15) is 0 Å². The lowest BCUT2D eigenvalue weighted by Crippen LogP contribution is -2.03. The summed E-state index contributed by atoms with van der Waals surface area (Å²) < 4.78 is 24.6. The Labute approximate surface area is 132 Å². The van der Waals surface area contributed by atoms with Crippen LogP contribution in [-0.2, 0) is 10.8 Å². The van der Waals surface area contributed by atoms with Gasteiger partial charge in [-0.15, -0.1) is 0 Å². The number of rotatable bonds is 3. The zero-order valence-electron chi connectivity index (χ0n) is 12.4. The third-order valence-electron chi connectivity index (χ3n) is 3.92. The third-order valence-corrected chi connectivity index (χ3v) is 4.85. The molecule has 22 heavy (non-hydrogen) atoms. The maximum absolute atomic E-state index is 13.1. The van der Waals surface area contributed by atoms with Crippen LogP contribution in [0.2, 0.25) is 0 Å². The van der Waals surface area contributed by atoms with Crippen LogP contribution in [0.1, 0.15) is 30.4 Å². The van der Waals surface area contributed by atoms with Gasteiger partial charge in [-0.25, -0.2) is 4.39 Å². The summed E-state index contributed by atoms with van der Waals surface area (Å²) in [5.74, 6) is -0.214. The van der Waals surface area contributed by atoms with Crippen LogP contribution in [-0.4, -0.2) is 15.9 Å². The first kappa shape index (κ1) is 16.6. The molecule has 0 spiro atoms. The van der Waals surface area contributed by atoms with E-state index in [-0.39, 0.29) is 11.3 Å². The molecule has 0 radical (unpaired) electrons. The summed E-state index contributed by atoms with van der Waals surface area (Å²) in [5.41, 5.74) is 4.80. The van der Waals surface area contributed by atoms with Crippen molar-refractivity contribution in [3.05, 3.63) is 71.0 Å². The molecular weight excluding hydrogens is 299 g/mol. The third kappa shape index (κ3) is 3.34. The molecule has 1 atom stereocenters. The molecule has 0 amide bonds. The van der Waals surface area contributed by atoms with Crippen molar-refractivity contribution in [1.82, 2.24) is 0 Å². The van der Waals surface area contributed by atoms with Crippen LogP contribution in [0, 0.1) is 5.82 Å². The predicted molar refractivity (Wildman–Crippen MR) is 88.7 cm³/mol. The minimum Gasteiger partial charge on any atom is -0.412 e. The molecule has 2 N–H and O–H groups in total. The van der Waals surface area contributed by atoms with Gasteiger partial charge in [-0.1, -0.05) is 29.8 Å². The monoisotopic (exact) mass is 318 g/mol. The van der Waals surface area contributed by atoms with Gasteiger partial charge in [0.1, 0.15) is 5.82 Å². The molecule has 0 saturated heterocycles. The summed E-state index contributed by atoms with van der Waals surface area (Å²) in [4.78, 5) is 0.829. The van der Waals surface area contributed by atoms with E-state index >= 15 is 0 Å². The lowest BCUT2D eigenvalue weighted by molar-refractivity contribution is 0.627. The van der Waals surface area contributed by atoms with E-state index in [1.165, 1.54) is 29.7 Å². The van der Waals surface area contributed by atoms with E-state index in [2.05, 4.69) is 0 Å². The highest BCUT2D eigenvalue weighted by Gasteiger charge is 2.17. The molecule has 3 rings (SSSR count). The summed E-state index contributed by atoms with van der Waals surface area (Å²) >= 11 is 0. The van der Waals surface area contributed by atoms with Crippen LogP contribution in [0.15, 0.2) is 59.0 Å². The van der Waals surface area contributed by atoms with E-state index in [9.17, 15) is 8.60 Å². The van der Waals surface area contributed by atoms with E-state index in [1.54, 1.807) is 6.26 Å². The molecule has 0 heterocycles. The standard InChI is InChI=1S/C18H17FOS.H2O/c1-21(20)17-11-7-15(8-12-17)18(13-3-2-4-13)14-5-9-16(19)10-6-14;/h5-12H,2-4H2,1H3;1H2. The lowest BCUT2D eigenvalue weighted by atomic mass is 9.82. The molecule has 0 aromatic heterocycles. The van der Waals surface area contributed by atoms with Crippen LogP contribution < -0.4 is 0 Å². The Balaban J connectivity index is 0.00000176. The van der Waals surface area contributed by atoms with Gasteiger partial charge in [-0.3, -0.25) is 4.21 Å². The van der Waals surface area contributed by atoms with Crippen molar-refractivity contribution in [3.8, 4) is 0 Å². The Morgan fingerprint density at radius 3 is 1.86 bits per heavy atom. The largest absolute Gasteiger partial charge is 0.412 e. The van der Waals surface area contributed by atoms with Gasteiger partial charge in [0.05, 0.1) is 0 Å². The summed E-state index contributed by atoms with van der Waals surface area (Å²) in [5, 5.41) is 0. The molecule has 1 aliphatic rings. The number of halogens is 1. The summed E-state index contributed by atoms with van der Waals surface area (Å²) in [6.07, 6.45) is 5.11. The van der Waals surface area contributed by atoms with Crippen molar-refractivity contribution in [1.29, 1.82) is 0 Å². The van der Waals surface area contributed by atoms with E-state index in [1.807, 2.05) is 36.4 Å². The average Bonchev–Trinajstić information content (AvgIpc) is 2.44. The van der Waals surface area contributed by atoms with Gasteiger partial charge in [0, 0.05) is 22.0 Å². The highest BCUT2D eigenvalue weighted by atomic mass is 32.2. The van der Waals surface area contributed by atoms with Crippen molar-refractivity contribution in [2.45, 2.75) is 24.2 Å². The van der Waals surface area contributed by atoms with Crippen LogP contribution in [0.4, 0.5) is 4.39 Å². The van der Waals surface area contributed by atoms with Gasteiger partial charge in [0.2, 0.25) is 0 Å². The van der Waals surface area contributed by atoms with Crippen molar-refractivity contribution in [2.75, 3.05) is 6.26 Å². The Morgan fingerprint density at radius 1 is 0.955 bits per heavy atom. The first-order valence-corrected chi connectivity index (χ1v) is 8.63. The Morgan fingerprint density at radius 2 is 1.45 bits per heavy atom. The lowest BCUT2D eigenvalue weighted by Gasteiger charge is -2.23. The van der Waals surface area contributed by atoms with E-state index in [0.717, 1.165) is 28.9 Å². The Hall–Kier alpha value is -1.78. The molecule has 4 heteroatoms. The number of hydrogen-bond acceptors (Lipinski definition) is 1. The molecule has 0 bridgehead atoms. The van der Waals surface area contributed by atoms with Crippen molar-refractivity contribution in [3.63, 3.8) is 0 Å². The summed E-state index contributed by atoms with van der Waals surface area (Å²) in [6, 6.07) is 14.5. The fourth-order valence-electron chi connectivity index (χ4n) is 2.61. The Kier molecular flexibility index (Phi) is 5.27. The van der Waals surface area contributed by atoms with Crippen molar-refractivity contribution >= 4 is 16.4 Å². The smallest absolute Gasteiger partial charge is 0.123 e. The second-order valence-electron chi connectivity index (χ2n) is 5.32. The van der Waals surface area contributed by atoms with Crippen LogP contribution in [0.5, 0.6) is 0 Å². The maximum atomic E-state index is 13.1. The first-order chi connectivity index (χ1) is 10.1. The Bertz CT molecular complexity index is 697. The molecule has 1 aliphatic carbocycles. The quantitative estimate of drug-likeness (QED) is 0.850. The minimum absolute atomic E-state index is 0. The minimum atomic E-state index is -0.962. The van der Waals surface area contributed by atoms with Gasteiger partial charge in [0.15, 0.2) is 0 Å². The molecular formula is C18H19FO2S. The molecule has 2 aromatic rings. The average molecular weight is 318 g/mol. The molecule has 1 unspecified atom stereocenters. The van der Waals surface area contributed by atoms with Gasteiger partial charge >= 0.3 is 0 Å². The zero-order chi connectivity index (χ0) is 14.8. The molecule has 0 aliphatic heterocycles. The fourth-order valence-corrected chi connectivity index (χ4v) is 3.13.